The van der Waals surface area contributed by atoms with Crippen molar-refractivity contribution in [2.45, 2.75) is 18.5 Å². The van der Waals surface area contributed by atoms with Crippen LogP contribution in [0.3, 0.4) is 0 Å². The van der Waals surface area contributed by atoms with E-state index in [4.69, 9.17) is 0 Å². The Kier molecular flexibility index (Phi) is 4.79. The zero-order chi connectivity index (χ0) is 22.5. The molecule has 1 amide bonds. The van der Waals surface area contributed by atoms with Crippen LogP contribution in [-0.2, 0) is 12.6 Å². The average molecular weight is 443 g/mol. The number of fused-ring (bicyclic) bond motifs is 1. The lowest BCUT2D eigenvalue weighted by atomic mass is 9.90. The topological polar surface area (TPSA) is 71.0 Å². The van der Waals surface area contributed by atoms with Crippen molar-refractivity contribution in [3.8, 4) is 11.4 Å². The highest BCUT2D eigenvalue weighted by Gasteiger charge is 2.35. The molecule has 0 atom stereocenters. The molecular formula is C22H17F4N5O. The first-order valence-corrected chi connectivity index (χ1v) is 10.0. The van der Waals surface area contributed by atoms with Crippen LogP contribution in [0.1, 0.15) is 33.0 Å². The summed E-state index contributed by atoms with van der Waals surface area (Å²) in [5, 5.41) is 2.80. The first kappa shape index (κ1) is 20.3. The van der Waals surface area contributed by atoms with Crippen LogP contribution in [0.2, 0.25) is 0 Å². The number of carbonyl (C=O) groups is 1. The Bertz CT molecular complexity index is 1210. The van der Waals surface area contributed by atoms with Gasteiger partial charge in [-0.25, -0.2) is 14.4 Å². The number of pyridine rings is 1. The van der Waals surface area contributed by atoms with E-state index in [9.17, 15) is 22.4 Å². The molecule has 1 fully saturated rings. The standard InChI is InChI=1S/C22H17F4N5O/c23-15-6-12(5-14(7-15)22(24,25)26)13-9-31(10-13)19-8-18(29-11-30-19)20-16-1-4-28-21(32)17(16)2-3-27-20/h2-3,5-8,11,13H,1,4,9-10H2,(H,28,32). The Hall–Kier alpha value is -3.56. The van der Waals surface area contributed by atoms with Crippen LogP contribution in [0.15, 0.2) is 42.9 Å². The fourth-order valence-electron chi connectivity index (χ4n) is 4.11. The number of alkyl halides is 3. The van der Waals surface area contributed by atoms with Gasteiger partial charge in [-0.05, 0) is 41.8 Å². The van der Waals surface area contributed by atoms with Gasteiger partial charge in [0.15, 0.2) is 0 Å². The Morgan fingerprint density at radius 2 is 1.88 bits per heavy atom. The molecule has 0 aliphatic carbocycles. The maximum Gasteiger partial charge on any atom is 0.416 e. The van der Waals surface area contributed by atoms with Crippen LogP contribution in [0.5, 0.6) is 0 Å². The summed E-state index contributed by atoms with van der Waals surface area (Å²) in [7, 11) is 0. The Morgan fingerprint density at radius 1 is 1.06 bits per heavy atom. The van der Waals surface area contributed by atoms with Crippen molar-refractivity contribution in [1.29, 1.82) is 0 Å². The zero-order valence-corrected chi connectivity index (χ0v) is 16.7. The third-order valence-corrected chi connectivity index (χ3v) is 5.78. The monoisotopic (exact) mass is 443 g/mol. The largest absolute Gasteiger partial charge is 0.416 e. The molecule has 3 aromatic rings. The van der Waals surface area contributed by atoms with E-state index in [1.165, 1.54) is 6.33 Å². The molecule has 0 spiro atoms. The number of carbonyl (C=O) groups excluding carboxylic acids is 1. The van der Waals surface area contributed by atoms with Crippen LogP contribution < -0.4 is 10.2 Å². The van der Waals surface area contributed by atoms with Gasteiger partial charge in [-0.3, -0.25) is 9.78 Å². The predicted molar refractivity (Wildman–Crippen MR) is 108 cm³/mol. The highest BCUT2D eigenvalue weighted by molar-refractivity contribution is 5.98. The number of amides is 1. The maximum atomic E-state index is 13.7. The number of nitrogens with one attached hydrogen (secondary N) is 1. The molecule has 1 saturated heterocycles. The van der Waals surface area contributed by atoms with E-state index in [1.807, 2.05) is 4.90 Å². The maximum absolute atomic E-state index is 13.7. The van der Waals surface area contributed by atoms with E-state index < -0.39 is 17.6 Å². The second kappa shape index (κ2) is 7.54. The van der Waals surface area contributed by atoms with Gasteiger partial charge in [0.05, 0.1) is 17.0 Å². The van der Waals surface area contributed by atoms with Gasteiger partial charge in [-0.15, -0.1) is 0 Å². The minimum atomic E-state index is -4.60. The first-order chi connectivity index (χ1) is 15.3. The molecule has 10 heteroatoms. The fourth-order valence-corrected chi connectivity index (χ4v) is 4.11. The van der Waals surface area contributed by atoms with E-state index in [2.05, 4.69) is 20.3 Å². The summed E-state index contributed by atoms with van der Waals surface area (Å²) in [6.07, 6.45) is -1.01. The smallest absolute Gasteiger partial charge is 0.355 e. The lowest BCUT2D eigenvalue weighted by Gasteiger charge is -2.40. The summed E-state index contributed by atoms with van der Waals surface area (Å²) < 4.78 is 52.7. The molecule has 0 radical (unpaired) electrons. The fraction of sp³-hybridized carbons (Fsp3) is 0.273. The summed E-state index contributed by atoms with van der Waals surface area (Å²) in [6, 6.07) is 6.07. The average Bonchev–Trinajstić information content (AvgIpc) is 2.72. The summed E-state index contributed by atoms with van der Waals surface area (Å²) in [6.45, 7) is 1.32. The number of halogens is 4. The van der Waals surface area contributed by atoms with Crippen molar-refractivity contribution in [2.24, 2.45) is 0 Å². The van der Waals surface area contributed by atoms with Crippen molar-refractivity contribution >= 4 is 11.7 Å². The lowest BCUT2D eigenvalue weighted by Crippen LogP contribution is -2.45. The van der Waals surface area contributed by atoms with E-state index in [0.717, 1.165) is 17.7 Å². The predicted octanol–water partition coefficient (Wildman–Crippen LogP) is 3.59. The van der Waals surface area contributed by atoms with Gasteiger partial charge in [0.1, 0.15) is 18.0 Å². The Balaban J connectivity index is 1.38. The highest BCUT2D eigenvalue weighted by Crippen LogP contribution is 2.36. The quantitative estimate of drug-likeness (QED) is 0.627. The van der Waals surface area contributed by atoms with Crippen LogP contribution in [0, 0.1) is 5.82 Å². The van der Waals surface area contributed by atoms with E-state index >= 15 is 0 Å². The summed E-state index contributed by atoms with van der Waals surface area (Å²) in [4.78, 5) is 27.0. The van der Waals surface area contributed by atoms with Crippen molar-refractivity contribution < 1.29 is 22.4 Å². The van der Waals surface area contributed by atoms with Crippen molar-refractivity contribution in [1.82, 2.24) is 20.3 Å². The minimum absolute atomic E-state index is 0.150. The highest BCUT2D eigenvalue weighted by atomic mass is 19.4. The molecule has 2 aromatic heterocycles. The molecule has 5 rings (SSSR count). The Morgan fingerprint density at radius 3 is 2.66 bits per heavy atom. The Labute approximate surface area is 180 Å². The van der Waals surface area contributed by atoms with Crippen LogP contribution in [-0.4, -0.2) is 40.5 Å². The minimum Gasteiger partial charge on any atom is -0.355 e. The van der Waals surface area contributed by atoms with Gasteiger partial charge >= 0.3 is 6.18 Å². The van der Waals surface area contributed by atoms with E-state index in [-0.39, 0.29) is 11.8 Å². The first-order valence-electron chi connectivity index (χ1n) is 10.0. The van der Waals surface area contributed by atoms with Crippen molar-refractivity contribution in [2.75, 3.05) is 24.5 Å². The number of nitrogens with zero attached hydrogens (tertiary/aromatic N) is 4. The molecule has 0 unspecified atom stereocenters. The third-order valence-electron chi connectivity index (χ3n) is 5.78. The van der Waals surface area contributed by atoms with E-state index in [0.29, 0.717) is 60.5 Å². The molecule has 1 aromatic carbocycles. The molecule has 1 N–H and O–H groups in total. The van der Waals surface area contributed by atoms with Gasteiger partial charge in [-0.2, -0.15) is 13.2 Å². The van der Waals surface area contributed by atoms with Gasteiger partial charge in [0, 0.05) is 43.4 Å². The zero-order valence-electron chi connectivity index (χ0n) is 16.7. The summed E-state index contributed by atoms with van der Waals surface area (Å²) in [5.41, 5.74) is 1.89. The normalized spacial score (nSPS) is 16.4. The number of anilines is 1. The molecule has 2 aliphatic rings. The van der Waals surface area contributed by atoms with Gasteiger partial charge in [0.2, 0.25) is 0 Å². The van der Waals surface area contributed by atoms with Crippen LogP contribution in [0.4, 0.5) is 23.4 Å². The summed E-state index contributed by atoms with van der Waals surface area (Å²) >= 11 is 0. The number of hydrogen-bond donors (Lipinski definition) is 1. The van der Waals surface area contributed by atoms with Crippen LogP contribution in [0.25, 0.3) is 11.4 Å². The van der Waals surface area contributed by atoms with Crippen molar-refractivity contribution in [3.05, 3.63) is 70.9 Å². The molecule has 6 nitrogen and oxygen atoms in total. The second-order valence-electron chi connectivity index (χ2n) is 7.83. The number of hydrogen-bond acceptors (Lipinski definition) is 5. The molecule has 32 heavy (non-hydrogen) atoms. The number of aromatic nitrogens is 3. The summed E-state index contributed by atoms with van der Waals surface area (Å²) in [5.74, 6) is -0.695. The van der Waals surface area contributed by atoms with Gasteiger partial charge in [-0.1, -0.05) is 0 Å². The second-order valence-corrected chi connectivity index (χ2v) is 7.83. The molecule has 0 bridgehead atoms. The molecule has 4 heterocycles. The van der Waals surface area contributed by atoms with Gasteiger partial charge in [0.25, 0.3) is 5.91 Å². The van der Waals surface area contributed by atoms with Gasteiger partial charge < -0.3 is 10.2 Å². The third kappa shape index (κ3) is 3.65. The lowest BCUT2D eigenvalue weighted by molar-refractivity contribution is -0.137. The van der Waals surface area contributed by atoms with Crippen LogP contribution >= 0.6 is 0 Å². The van der Waals surface area contributed by atoms with E-state index in [1.54, 1.807) is 18.3 Å². The molecule has 164 valence electrons. The molecule has 2 aliphatic heterocycles. The van der Waals surface area contributed by atoms with Crippen molar-refractivity contribution in [3.63, 3.8) is 0 Å². The number of benzene rings is 1. The molecule has 0 saturated carbocycles. The SMILES string of the molecule is O=C1NCCc2c1ccnc2-c1cc(N2CC(c3cc(F)cc(C(F)(F)F)c3)C2)ncn1. The number of rotatable bonds is 3. The molecular weight excluding hydrogens is 426 g/mol.